The summed E-state index contributed by atoms with van der Waals surface area (Å²) in [5, 5.41) is 7.47. The van der Waals surface area contributed by atoms with Crippen molar-refractivity contribution in [2.24, 2.45) is 0 Å². The monoisotopic (exact) mass is 266 g/mol. The van der Waals surface area contributed by atoms with Crippen LogP contribution in [0.1, 0.15) is 57.4 Å². The van der Waals surface area contributed by atoms with Gasteiger partial charge in [0, 0.05) is 19.1 Å². The number of hydrogen-bond donors (Lipinski definition) is 1. The highest BCUT2D eigenvalue weighted by atomic mass is 32.1. The summed E-state index contributed by atoms with van der Waals surface area (Å²) in [5.41, 5.74) is 0. The number of aromatic amines is 1. The third-order valence-electron chi connectivity index (χ3n) is 4.56. The Hall–Kier alpha value is -0.840. The molecule has 2 aliphatic rings. The summed E-state index contributed by atoms with van der Waals surface area (Å²) in [4.78, 5) is 2.34. The summed E-state index contributed by atoms with van der Waals surface area (Å²) in [6.07, 6.45) is 10.4. The molecule has 0 saturated heterocycles. The van der Waals surface area contributed by atoms with Crippen molar-refractivity contribution in [2.75, 3.05) is 11.9 Å². The summed E-state index contributed by atoms with van der Waals surface area (Å²) in [7, 11) is 2.17. The third kappa shape index (κ3) is 2.09. The average Bonchev–Trinajstić information content (AvgIpc) is 3.09. The Kier molecular flexibility index (Phi) is 3.41. The number of rotatable bonds is 3. The van der Waals surface area contributed by atoms with Crippen molar-refractivity contribution in [3.05, 3.63) is 4.77 Å². The molecule has 0 aliphatic heterocycles. The summed E-state index contributed by atoms with van der Waals surface area (Å²) >= 11 is 5.42. The number of nitrogens with one attached hydrogen (secondary N) is 1. The lowest BCUT2D eigenvalue weighted by atomic mass is 10.2. The summed E-state index contributed by atoms with van der Waals surface area (Å²) in [6, 6.07) is 1.21. The molecule has 0 aromatic carbocycles. The van der Waals surface area contributed by atoms with Gasteiger partial charge in [0.15, 0.2) is 4.77 Å². The number of hydrogen-bond acceptors (Lipinski definition) is 3. The maximum Gasteiger partial charge on any atom is 0.225 e. The molecule has 4 nitrogen and oxygen atoms in total. The van der Waals surface area contributed by atoms with Crippen molar-refractivity contribution in [2.45, 2.75) is 63.5 Å². The van der Waals surface area contributed by atoms with E-state index in [2.05, 4.69) is 26.7 Å². The van der Waals surface area contributed by atoms with Gasteiger partial charge in [0.1, 0.15) is 0 Å². The minimum Gasteiger partial charge on any atom is -0.341 e. The Morgan fingerprint density at radius 3 is 2.44 bits per heavy atom. The van der Waals surface area contributed by atoms with Gasteiger partial charge in [-0.1, -0.05) is 25.7 Å². The second kappa shape index (κ2) is 5.03. The Bertz CT molecular complexity index is 452. The topological polar surface area (TPSA) is 36.9 Å². The molecule has 2 saturated carbocycles. The van der Waals surface area contributed by atoms with E-state index in [0.717, 1.165) is 10.7 Å². The standard InChI is InChI=1S/C13H22N4S/c1-16(10-6-2-3-7-10)12-14-15-13(18)17(12)11-8-4-5-9-11/h10-11H,2-9H2,1H3,(H,15,18). The quantitative estimate of drug-likeness (QED) is 0.852. The van der Waals surface area contributed by atoms with E-state index in [0.29, 0.717) is 12.1 Å². The molecule has 2 aliphatic carbocycles. The second-order valence-corrected chi connectivity index (χ2v) is 6.07. The Morgan fingerprint density at radius 1 is 1.17 bits per heavy atom. The van der Waals surface area contributed by atoms with Crippen LogP contribution in [-0.4, -0.2) is 27.9 Å². The van der Waals surface area contributed by atoms with Gasteiger partial charge in [-0.25, -0.2) is 5.10 Å². The lowest BCUT2D eigenvalue weighted by Crippen LogP contribution is -2.32. The normalized spacial score (nSPS) is 21.8. The van der Waals surface area contributed by atoms with Crippen molar-refractivity contribution in [3.8, 4) is 0 Å². The van der Waals surface area contributed by atoms with Crippen LogP contribution in [0.2, 0.25) is 0 Å². The highest BCUT2D eigenvalue weighted by Gasteiger charge is 2.27. The van der Waals surface area contributed by atoms with Gasteiger partial charge in [0.2, 0.25) is 5.95 Å². The third-order valence-corrected chi connectivity index (χ3v) is 4.85. The van der Waals surface area contributed by atoms with E-state index in [1.165, 1.54) is 51.4 Å². The molecule has 1 N–H and O–H groups in total. The predicted molar refractivity (Wildman–Crippen MR) is 75.6 cm³/mol. The SMILES string of the molecule is CN(c1n[nH]c(=S)n1C1CCCC1)C1CCCC1. The number of nitrogens with zero attached hydrogens (tertiary/aromatic N) is 3. The summed E-state index contributed by atoms with van der Waals surface area (Å²) < 4.78 is 3.06. The molecule has 0 bridgehead atoms. The van der Waals surface area contributed by atoms with Crippen LogP contribution in [0.4, 0.5) is 5.95 Å². The molecule has 0 radical (unpaired) electrons. The van der Waals surface area contributed by atoms with Crippen molar-refractivity contribution in [1.29, 1.82) is 0 Å². The van der Waals surface area contributed by atoms with Gasteiger partial charge in [0.25, 0.3) is 0 Å². The molecule has 0 amide bonds. The van der Waals surface area contributed by atoms with Gasteiger partial charge >= 0.3 is 0 Å². The molecule has 0 atom stereocenters. The van der Waals surface area contributed by atoms with Crippen LogP contribution in [0.25, 0.3) is 0 Å². The van der Waals surface area contributed by atoms with Crippen LogP contribution in [0.15, 0.2) is 0 Å². The molecule has 18 heavy (non-hydrogen) atoms. The fourth-order valence-corrected chi connectivity index (χ4v) is 3.77. The van der Waals surface area contributed by atoms with Crippen LogP contribution in [0, 0.1) is 4.77 Å². The maximum absolute atomic E-state index is 5.42. The van der Waals surface area contributed by atoms with Gasteiger partial charge in [-0.3, -0.25) is 4.57 Å². The largest absolute Gasteiger partial charge is 0.341 e. The maximum atomic E-state index is 5.42. The highest BCUT2D eigenvalue weighted by molar-refractivity contribution is 7.71. The van der Waals surface area contributed by atoms with Gasteiger partial charge in [0.05, 0.1) is 0 Å². The van der Waals surface area contributed by atoms with Crippen LogP contribution in [0.5, 0.6) is 0 Å². The fourth-order valence-electron chi connectivity index (χ4n) is 3.49. The minimum absolute atomic E-state index is 0.565. The number of H-pyrrole nitrogens is 1. The Labute approximate surface area is 113 Å². The fraction of sp³-hybridized carbons (Fsp3) is 0.846. The molecule has 1 aromatic heterocycles. The zero-order valence-electron chi connectivity index (χ0n) is 11.1. The molecule has 1 heterocycles. The van der Waals surface area contributed by atoms with E-state index < -0.39 is 0 Å². The molecule has 1 aromatic rings. The first-order chi connectivity index (χ1) is 8.77. The van der Waals surface area contributed by atoms with Gasteiger partial charge in [-0.2, -0.15) is 0 Å². The minimum atomic E-state index is 0.565. The van der Waals surface area contributed by atoms with Crippen LogP contribution in [0.3, 0.4) is 0 Å². The van der Waals surface area contributed by atoms with E-state index in [1.807, 2.05) is 0 Å². The molecule has 3 rings (SSSR count). The second-order valence-electron chi connectivity index (χ2n) is 5.69. The summed E-state index contributed by atoms with van der Waals surface area (Å²) in [6.45, 7) is 0. The molecule has 100 valence electrons. The molecule has 0 unspecified atom stereocenters. The van der Waals surface area contributed by atoms with Crippen molar-refractivity contribution in [1.82, 2.24) is 14.8 Å². The zero-order chi connectivity index (χ0) is 12.5. The van der Waals surface area contributed by atoms with E-state index in [9.17, 15) is 0 Å². The Morgan fingerprint density at radius 2 is 1.78 bits per heavy atom. The van der Waals surface area contributed by atoms with Gasteiger partial charge in [-0.15, -0.1) is 5.10 Å². The highest BCUT2D eigenvalue weighted by Crippen LogP contribution is 2.34. The molecule has 2 fully saturated rings. The summed E-state index contributed by atoms with van der Waals surface area (Å²) in [5.74, 6) is 1.05. The van der Waals surface area contributed by atoms with Crippen LogP contribution >= 0.6 is 12.2 Å². The smallest absolute Gasteiger partial charge is 0.225 e. The van der Waals surface area contributed by atoms with Crippen LogP contribution in [-0.2, 0) is 0 Å². The molecular weight excluding hydrogens is 244 g/mol. The van der Waals surface area contributed by atoms with Crippen molar-refractivity contribution >= 4 is 18.2 Å². The lowest BCUT2D eigenvalue weighted by molar-refractivity contribution is 0.499. The Balaban J connectivity index is 1.89. The van der Waals surface area contributed by atoms with E-state index in [-0.39, 0.29) is 0 Å². The van der Waals surface area contributed by atoms with Gasteiger partial charge in [-0.05, 0) is 37.9 Å². The lowest BCUT2D eigenvalue weighted by Gasteiger charge is -2.27. The first kappa shape index (κ1) is 12.2. The number of anilines is 1. The van der Waals surface area contributed by atoms with Crippen molar-refractivity contribution in [3.63, 3.8) is 0 Å². The number of aromatic nitrogens is 3. The van der Waals surface area contributed by atoms with Crippen molar-refractivity contribution < 1.29 is 0 Å². The zero-order valence-corrected chi connectivity index (χ0v) is 11.9. The van der Waals surface area contributed by atoms with E-state index >= 15 is 0 Å². The molecule has 5 heteroatoms. The van der Waals surface area contributed by atoms with Crippen LogP contribution < -0.4 is 4.90 Å². The van der Waals surface area contributed by atoms with Gasteiger partial charge < -0.3 is 4.90 Å². The average molecular weight is 266 g/mol. The van der Waals surface area contributed by atoms with E-state index in [1.54, 1.807) is 0 Å². The molecular formula is C13H22N4S. The molecule has 0 spiro atoms. The first-order valence-electron chi connectivity index (χ1n) is 7.17. The predicted octanol–water partition coefficient (Wildman–Crippen LogP) is 3.43. The van der Waals surface area contributed by atoms with E-state index in [4.69, 9.17) is 12.2 Å². The first-order valence-corrected chi connectivity index (χ1v) is 7.58.